The minimum atomic E-state index is 0.109. The molecule has 1 aromatic rings. The van der Waals surface area contributed by atoms with Crippen LogP contribution in [0.25, 0.3) is 0 Å². The quantitative estimate of drug-likeness (QED) is 0.889. The number of fused-ring (bicyclic) bond motifs is 1. The monoisotopic (exact) mass is 267 g/mol. The van der Waals surface area contributed by atoms with Gasteiger partial charge in [-0.1, -0.05) is 38.4 Å². The first-order chi connectivity index (χ1) is 8.29. The first-order valence-electron chi connectivity index (χ1n) is 6.51. The van der Waals surface area contributed by atoms with E-state index in [1.54, 1.807) is 0 Å². The molecule has 2 nitrogen and oxygen atoms in total. The number of hydrogen-bond donors (Lipinski definition) is 1. The second-order valence-electron chi connectivity index (χ2n) is 6.32. The molecule has 3 heteroatoms. The van der Waals surface area contributed by atoms with Crippen LogP contribution in [0.15, 0.2) is 12.1 Å². The van der Waals surface area contributed by atoms with Gasteiger partial charge in [-0.25, -0.2) is 0 Å². The van der Waals surface area contributed by atoms with E-state index in [4.69, 9.17) is 22.1 Å². The van der Waals surface area contributed by atoms with E-state index in [1.165, 1.54) is 11.1 Å². The fourth-order valence-electron chi connectivity index (χ4n) is 2.26. The van der Waals surface area contributed by atoms with Gasteiger partial charge in [-0.05, 0) is 30.4 Å². The van der Waals surface area contributed by atoms with Crippen molar-refractivity contribution in [3.8, 4) is 5.75 Å². The van der Waals surface area contributed by atoms with Crippen molar-refractivity contribution in [2.45, 2.75) is 52.7 Å². The van der Waals surface area contributed by atoms with Crippen molar-refractivity contribution in [2.24, 2.45) is 11.1 Å². The van der Waals surface area contributed by atoms with Gasteiger partial charge in [-0.15, -0.1) is 0 Å². The highest BCUT2D eigenvalue weighted by Crippen LogP contribution is 2.39. The summed E-state index contributed by atoms with van der Waals surface area (Å²) in [5.41, 5.74) is 8.91. The van der Waals surface area contributed by atoms with Crippen molar-refractivity contribution in [3.63, 3.8) is 0 Å². The van der Waals surface area contributed by atoms with Gasteiger partial charge in [0.2, 0.25) is 0 Å². The first-order valence-corrected chi connectivity index (χ1v) is 6.89. The fraction of sp³-hybridized carbons (Fsp3) is 0.600. The second kappa shape index (κ2) is 4.75. The Morgan fingerprint density at radius 2 is 2.11 bits per heavy atom. The molecule has 1 aliphatic heterocycles. The van der Waals surface area contributed by atoms with Crippen LogP contribution in [-0.4, -0.2) is 12.1 Å². The van der Waals surface area contributed by atoms with Crippen LogP contribution in [0.4, 0.5) is 0 Å². The van der Waals surface area contributed by atoms with Gasteiger partial charge in [0.05, 0.1) is 5.02 Å². The van der Waals surface area contributed by atoms with E-state index >= 15 is 0 Å². The predicted molar refractivity (Wildman–Crippen MR) is 76.4 cm³/mol. The third-order valence-electron chi connectivity index (χ3n) is 3.67. The number of ether oxygens (including phenoxy) is 1. The van der Waals surface area contributed by atoms with Crippen molar-refractivity contribution in [2.75, 3.05) is 0 Å². The molecule has 1 heterocycles. The van der Waals surface area contributed by atoms with E-state index in [0.717, 1.165) is 18.6 Å². The molecule has 0 fully saturated rings. The van der Waals surface area contributed by atoms with Gasteiger partial charge in [0.15, 0.2) is 0 Å². The van der Waals surface area contributed by atoms with Gasteiger partial charge in [0.25, 0.3) is 0 Å². The molecule has 0 aliphatic carbocycles. The molecule has 2 rings (SSSR count). The summed E-state index contributed by atoms with van der Waals surface area (Å²) in [5.74, 6) is 0.864. The Kier molecular flexibility index (Phi) is 3.61. The highest BCUT2D eigenvalue weighted by molar-refractivity contribution is 6.32. The van der Waals surface area contributed by atoms with Crippen molar-refractivity contribution in [1.29, 1.82) is 0 Å². The third-order valence-corrected chi connectivity index (χ3v) is 3.97. The number of halogens is 1. The van der Waals surface area contributed by atoms with Crippen LogP contribution in [0.5, 0.6) is 5.75 Å². The smallest absolute Gasteiger partial charge is 0.141 e. The maximum atomic E-state index is 6.28. The van der Waals surface area contributed by atoms with Crippen molar-refractivity contribution >= 4 is 11.6 Å². The summed E-state index contributed by atoms with van der Waals surface area (Å²) >= 11 is 6.18. The summed E-state index contributed by atoms with van der Waals surface area (Å²) in [6, 6.07) is 4.15. The van der Waals surface area contributed by atoms with E-state index in [0.29, 0.717) is 5.02 Å². The Labute approximate surface area is 114 Å². The molecule has 0 bridgehead atoms. The maximum absolute atomic E-state index is 6.28. The summed E-state index contributed by atoms with van der Waals surface area (Å²) in [4.78, 5) is 0. The standard InChI is InChI=1S/C15H22ClNO/c1-9-7-11-10(8-13(17)15(2,3)4)5-6-12(16)14(11)18-9/h5-6,9,13H,7-8,17H2,1-4H3. The Hall–Kier alpha value is -0.730. The molecular weight excluding hydrogens is 246 g/mol. The van der Waals surface area contributed by atoms with Gasteiger partial charge in [0, 0.05) is 18.0 Å². The van der Waals surface area contributed by atoms with E-state index in [2.05, 4.69) is 33.8 Å². The van der Waals surface area contributed by atoms with Gasteiger partial charge < -0.3 is 10.5 Å². The van der Waals surface area contributed by atoms with Crippen LogP contribution >= 0.6 is 11.6 Å². The lowest BCUT2D eigenvalue weighted by atomic mass is 9.82. The summed E-state index contributed by atoms with van der Waals surface area (Å²) in [7, 11) is 0. The molecule has 0 amide bonds. The molecule has 1 aliphatic rings. The van der Waals surface area contributed by atoms with Crippen LogP contribution in [0.1, 0.15) is 38.8 Å². The van der Waals surface area contributed by atoms with Gasteiger partial charge in [0.1, 0.15) is 11.9 Å². The lowest BCUT2D eigenvalue weighted by Crippen LogP contribution is -2.37. The normalized spacial score (nSPS) is 20.4. The minimum Gasteiger partial charge on any atom is -0.489 e. The predicted octanol–water partition coefficient (Wildman–Crippen LogP) is 3.58. The van der Waals surface area contributed by atoms with E-state index < -0.39 is 0 Å². The molecule has 0 spiro atoms. The summed E-state index contributed by atoms with van der Waals surface area (Å²) in [6.07, 6.45) is 2.02. The van der Waals surface area contributed by atoms with Crippen molar-refractivity contribution in [1.82, 2.24) is 0 Å². The lowest BCUT2D eigenvalue weighted by Gasteiger charge is -2.27. The van der Waals surface area contributed by atoms with Crippen LogP contribution in [0, 0.1) is 5.41 Å². The zero-order valence-electron chi connectivity index (χ0n) is 11.6. The van der Waals surface area contributed by atoms with Crippen LogP contribution in [0.3, 0.4) is 0 Å². The zero-order valence-corrected chi connectivity index (χ0v) is 12.3. The molecule has 2 atom stereocenters. The number of rotatable bonds is 2. The molecule has 2 N–H and O–H groups in total. The molecule has 0 saturated heterocycles. The number of benzene rings is 1. The highest BCUT2D eigenvalue weighted by Gasteiger charge is 2.27. The molecule has 100 valence electrons. The Bertz CT molecular complexity index is 451. The molecule has 0 saturated carbocycles. The Morgan fingerprint density at radius 1 is 1.44 bits per heavy atom. The summed E-state index contributed by atoms with van der Waals surface area (Å²) in [6.45, 7) is 8.59. The fourth-order valence-corrected chi connectivity index (χ4v) is 2.48. The van der Waals surface area contributed by atoms with Gasteiger partial charge in [-0.2, -0.15) is 0 Å². The average Bonchev–Trinajstić information content (AvgIpc) is 2.63. The molecule has 0 aromatic heterocycles. The Balaban J connectivity index is 2.29. The maximum Gasteiger partial charge on any atom is 0.141 e. The van der Waals surface area contributed by atoms with Crippen molar-refractivity contribution in [3.05, 3.63) is 28.3 Å². The highest BCUT2D eigenvalue weighted by atomic mass is 35.5. The topological polar surface area (TPSA) is 35.2 Å². The SMILES string of the molecule is CC1Cc2c(CC(N)C(C)(C)C)ccc(Cl)c2O1. The third kappa shape index (κ3) is 2.65. The summed E-state index contributed by atoms with van der Waals surface area (Å²) < 4.78 is 5.77. The molecular formula is C15H22ClNO. The molecule has 18 heavy (non-hydrogen) atoms. The van der Waals surface area contributed by atoms with Crippen LogP contribution < -0.4 is 10.5 Å². The molecule has 0 radical (unpaired) electrons. The minimum absolute atomic E-state index is 0.109. The first kappa shape index (κ1) is 13.7. The Morgan fingerprint density at radius 3 is 2.72 bits per heavy atom. The van der Waals surface area contributed by atoms with Crippen LogP contribution in [-0.2, 0) is 12.8 Å². The average molecular weight is 268 g/mol. The van der Waals surface area contributed by atoms with Crippen molar-refractivity contribution < 1.29 is 4.74 Å². The largest absolute Gasteiger partial charge is 0.489 e. The number of hydrogen-bond acceptors (Lipinski definition) is 2. The lowest BCUT2D eigenvalue weighted by molar-refractivity contribution is 0.255. The number of nitrogens with two attached hydrogens (primary N) is 1. The van der Waals surface area contributed by atoms with E-state index in [-0.39, 0.29) is 17.6 Å². The van der Waals surface area contributed by atoms with Gasteiger partial charge >= 0.3 is 0 Å². The van der Waals surface area contributed by atoms with Gasteiger partial charge in [-0.3, -0.25) is 0 Å². The van der Waals surface area contributed by atoms with E-state index in [1.807, 2.05) is 6.07 Å². The second-order valence-corrected chi connectivity index (χ2v) is 6.73. The molecule has 1 aromatic carbocycles. The van der Waals surface area contributed by atoms with E-state index in [9.17, 15) is 0 Å². The summed E-state index contributed by atoms with van der Waals surface area (Å²) in [5, 5.41) is 0.711. The molecule has 2 unspecified atom stereocenters. The zero-order chi connectivity index (χ0) is 13.5. The van der Waals surface area contributed by atoms with Crippen LogP contribution in [0.2, 0.25) is 5.02 Å².